The molecule has 4 rings (SSSR count). The lowest BCUT2D eigenvalue weighted by molar-refractivity contribution is -0.116. The number of ketones is 1. The summed E-state index contributed by atoms with van der Waals surface area (Å²) in [7, 11) is 0. The highest BCUT2D eigenvalue weighted by atomic mass is 32.2. The Labute approximate surface area is 196 Å². The second-order valence-electron chi connectivity index (χ2n) is 7.45. The molecule has 0 fully saturated rings. The van der Waals surface area contributed by atoms with Crippen molar-refractivity contribution in [1.29, 1.82) is 0 Å². The van der Waals surface area contributed by atoms with Crippen LogP contribution in [-0.2, 0) is 4.79 Å². The zero-order valence-electron chi connectivity index (χ0n) is 18.4. The van der Waals surface area contributed by atoms with Crippen molar-refractivity contribution in [3.8, 4) is 17.1 Å². The van der Waals surface area contributed by atoms with Gasteiger partial charge in [0.25, 0.3) is 0 Å². The smallest absolute Gasteiger partial charge is 0.224 e. The number of aromatic nitrogens is 3. The molecule has 2 aromatic heterocycles. The normalized spacial score (nSPS) is 10.8. The summed E-state index contributed by atoms with van der Waals surface area (Å²) in [5.74, 6) is 1.55. The molecule has 168 valence electrons. The van der Waals surface area contributed by atoms with Crippen LogP contribution in [0.25, 0.3) is 17.1 Å². The Morgan fingerprint density at radius 1 is 1.03 bits per heavy atom. The van der Waals surface area contributed by atoms with Crippen LogP contribution in [0.3, 0.4) is 0 Å². The van der Waals surface area contributed by atoms with Crippen LogP contribution < -0.4 is 5.32 Å². The molecule has 0 bridgehead atoms. The number of rotatable bonds is 9. The Balaban J connectivity index is 1.52. The van der Waals surface area contributed by atoms with Gasteiger partial charge in [0.15, 0.2) is 16.8 Å². The minimum absolute atomic E-state index is 0.0314. The van der Waals surface area contributed by atoms with Crippen LogP contribution in [0.5, 0.6) is 0 Å². The fourth-order valence-electron chi connectivity index (χ4n) is 3.37. The first-order valence-electron chi connectivity index (χ1n) is 10.7. The number of carbonyl (C=O) groups excluding carboxylic acids is 2. The molecule has 0 aliphatic rings. The van der Waals surface area contributed by atoms with Gasteiger partial charge >= 0.3 is 0 Å². The number of nitrogens with one attached hydrogen (secondary N) is 1. The summed E-state index contributed by atoms with van der Waals surface area (Å²) in [6, 6.07) is 18.6. The quantitative estimate of drug-likeness (QED) is 0.260. The van der Waals surface area contributed by atoms with E-state index in [1.54, 1.807) is 30.5 Å². The molecule has 7 nitrogen and oxygen atoms in total. The van der Waals surface area contributed by atoms with Crippen molar-refractivity contribution >= 4 is 29.1 Å². The van der Waals surface area contributed by atoms with Crippen LogP contribution in [0.1, 0.15) is 35.9 Å². The third-order valence-electron chi connectivity index (χ3n) is 5.05. The summed E-state index contributed by atoms with van der Waals surface area (Å²) in [5, 5.41) is 12.2. The monoisotopic (exact) mass is 460 g/mol. The number of hydrogen-bond acceptors (Lipinski definition) is 6. The van der Waals surface area contributed by atoms with Gasteiger partial charge in [-0.25, -0.2) is 0 Å². The fraction of sp³-hybridized carbons (Fsp3) is 0.200. The van der Waals surface area contributed by atoms with Crippen LogP contribution >= 0.6 is 11.8 Å². The van der Waals surface area contributed by atoms with Gasteiger partial charge in [0.2, 0.25) is 5.91 Å². The second-order valence-corrected chi connectivity index (χ2v) is 8.40. The number of thioether (sulfide) groups is 1. The highest BCUT2D eigenvalue weighted by molar-refractivity contribution is 7.99. The summed E-state index contributed by atoms with van der Waals surface area (Å²) < 4.78 is 7.39. The van der Waals surface area contributed by atoms with Crippen LogP contribution in [0.15, 0.2) is 76.5 Å². The lowest BCUT2D eigenvalue weighted by Crippen LogP contribution is -2.11. The molecule has 4 aromatic rings. The Kier molecular flexibility index (Phi) is 7.04. The average molecular weight is 461 g/mol. The Morgan fingerprint density at radius 3 is 2.45 bits per heavy atom. The van der Waals surface area contributed by atoms with E-state index in [9.17, 15) is 9.59 Å². The van der Waals surface area contributed by atoms with Gasteiger partial charge in [-0.15, -0.1) is 10.2 Å². The first kappa shape index (κ1) is 22.5. The third-order valence-corrected chi connectivity index (χ3v) is 5.98. The van der Waals surface area contributed by atoms with E-state index in [1.807, 2.05) is 54.8 Å². The highest BCUT2D eigenvalue weighted by Crippen LogP contribution is 2.30. The van der Waals surface area contributed by atoms with Crippen molar-refractivity contribution in [3.63, 3.8) is 0 Å². The van der Waals surface area contributed by atoms with Crippen molar-refractivity contribution in [2.24, 2.45) is 0 Å². The Bertz CT molecular complexity index is 1250. The van der Waals surface area contributed by atoms with Gasteiger partial charge in [-0.2, -0.15) is 0 Å². The molecule has 2 aromatic carbocycles. The number of anilines is 1. The highest BCUT2D eigenvalue weighted by Gasteiger charge is 2.20. The van der Waals surface area contributed by atoms with E-state index in [2.05, 4.69) is 15.5 Å². The predicted molar refractivity (Wildman–Crippen MR) is 129 cm³/mol. The topological polar surface area (TPSA) is 90.0 Å². The Hall–Kier alpha value is -3.65. The van der Waals surface area contributed by atoms with Gasteiger partial charge < -0.3 is 9.73 Å². The molecule has 1 amide bonds. The molecular weight excluding hydrogens is 436 g/mol. The van der Waals surface area contributed by atoms with Crippen molar-refractivity contribution < 1.29 is 14.0 Å². The fourth-order valence-corrected chi connectivity index (χ4v) is 4.21. The molecule has 1 N–H and O–H groups in total. The number of hydrogen-bond donors (Lipinski definition) is 1. The number of para-hydroxylation sites is 1. The van der Waals surface area contributed by atoms with Gasteiger partial charge in [-0.1, -0.05) is 36.9 Å². The van der Waals surface area contributed by atoms with E-state index in [1.165, 1.54) is 11.8 Å². The van der Waals surface area contributed by atoms with Gasteiger partial charge in [0.1, 0.15) is 5.76 Å². The number of amides is 1. The summed E-state index contributed by atoms with van der Waals surface area (Å²) in [5.41, 5.74) is 3.01. The third kappa shape index (κ3) is 5.23. The Morgan fingerprint density at radius 2 is 1.79 bits per heavy atom. The minimum Gasteiger partial charge on any atom is -0.469 e. The molecule has 33 heavy (non-hydrogen) atoms. The van der Waals surface area contributed by atoms with Gasteiger partial charge in [-0.05, 0) is 55.8 Å². The summed E-state index contributed by atoms with van der Waals surface area (Å²) in [6.45, 7) is 3.83. The van der Waals surface area contributed by atoms with Gasteiger partial charge in [-0.3, -0.25) is 14.2 Å². The number of benzene rings is 2. The van der Waals surface area contributed by atoms with Crippen molar-refractivity contribution in [2.75, 3.05) is 11.1 Å². The van der Waals surface area contributed by atoms with Crippen LogP contribution in [0, 0.1) is 6.92 Å². The van der Waals surface area contributed by atoms with E-state index < -0.39 is 0 Å². The van der Waals surface area contributed by atoms with Crippen molar-refractivity contribution in [3.05, 3.63) is 78.3 Å². The molecular formula is C25H24N4O3S. The largest absolute Gasteiger partial charge is 0.469 e. The maximum absolute atomic E-state index is 12.8. The van der Waals surface area contributed by atoms with E-state index in [0.29, 0.717) is 28.7 Å². The molecule has 0 radical (unpaired) electrons. The van der Waals surface area contributed by atoms with E-state index in [0.717, 1.165) is 23.4 Å². The number of nitrogens with zero attached hydrogens (tertiary/aromatic N) is 3. The SMILES string of the molecule is CCCC(=O)Nc1ccc(C(=O)CSc2nnc(-c3ccoc3C)n2-c2ccccc2)cc1. The maximum atomic E-state index is 12.8. The number of furan rings is 1. The zero-order chi connectivity index (χ0) is 23.2. The van der Waals surface area contributed by atoms with Crippen LogP contribution in [0.4, 0.5) is 5.69 Å². The van der Waals surface area contributed by atoms with Crippen molar-refractivity contribution in [1.82, 2.24) is 14.8 Å². The van der Waals surface area contributed by atoms with Gasteiger partial charge in [0.05, 0.1) is 17.6 Å². The number of Topliss-reactive ketones (excluding diaryl/α,β-unsaturated/α-hetero) is 1. The van der Waals surface area contributed by atoms with E-state index in [4.69, 9.17) is 4.42 Å². The summed E-state index contributed by atoms with van der Waals surface area (Å²) >= 11 is 1.33. The molecule has 0 saturated heterocycles. The number of carbonyl (C=O) groups is 2. The minimum atomic E-state index is -0.0323. The average Bonchev–Trinajstić information content (AvgIpc) is 3.44. The van der Waals surface area contributed by atoms with Gasteiger partial charge in [0, 0.05) is 23.4 Å². The van der Waals surface area contributed by atoms with Crippen molar-refractivity contribution in [2.45, 2.75) is 31.8 Å². The molecule has 0 spiro atoms. The standard InChI is InChI=1S/C25H24N4O3S/c1-3-7-23(31)26-19-12-10-18(11-13-19)22(30)16-33-25-28-27-24(21-14-15-32-17(21)2)29(25)20-8-5-4-6-9-20/h4-6,8-15H,3,7,16H2,1-2H3,(H,26,31). The lowest BCUT2D eigenvalue weighted by atomic mass is 10.1. The maximum Gasteiger partial charge on any atom is 0.224 e. The zero-order valence-corrected chi connectivity index (χ0v) is 19.3. The molecule has 8 heteroatoms. The van der Waals surface area contributed by atoms with Crippen LogP contribution in [0.2, 0.25) is 0 Å². The van der Waals surface area contributed by atoms with E-state index in [-0.39, 0.29) is 17.4 Å². The summed E-state index contributed by atoms with van der Waals surface area (Å²) in [4.78, 5) is 24.6. The first-order chi connectivity index (χ1) is 16.1. The molecule has 0 aliphatic carbocycles. The second kappa shape index (κ2) is 10.3. The molecule has 0 aliphatic heterocycles. The molecule has 0 saturated carbocycles. The predicted octanol–water partition coefficient (Wildman–Crippen LogP) is 5.55. The number of aryl methyl sites for hydroxylation is 1. The first-order valence-corrected chi connectivity index (χ1v) is 11.7. The van der Waals surface area contributed by atoms with Crippen LogP contribution in [-0.4, -0.2) is 32.2 Å². The molecule has 0 unspecified atom stereocenters. The molecule has 2 heterocycles. The van der Waals surface area contributed by atoms with E-state index >= 15 is 0 Å². The lowest BCUT2D eigenvalue weighted by Gasteiger charge is -2.10. The summed E-state index contributed by atoms with van der Waals surface area (Å²) in [6.07, 6.45) is 2.88. The molecule has 0 atom stereocenters.